The van der Waals surface area contributed by atoms with E-state index in [1.807, 2.05) is 53.6 Å². The van der Waals surface area contributed by atoms with E-state index in [0.29, 0.717) is 19.0 Å². The molecule has 0 bridgehead atoms. The summed E-state index contributed by atoms with van der Waals surface area (Å²) in [6.07, 6.45) is 0. The first-order valence-electron chi connectivity index (χ1n) is 7.63. The number of nitrogens with zero attached hydrogens (tertiary/aromatic N) is 1. The summed E-state index contributed by atoms with van der Waals surface area (Å²) in [7, 11) is 0. The van der Waals surface area contributed by atoms with Crippen LogP contribution in [0.5, 0.6) is 5.75 Å². The summed E-state index contributed by atoms with van der Waals surface area (Å²) in [6, 6.07) is 12.0. The molecule has 0 aliphatic carbocycles. The van der Waals surface area contributed by atoms with E-state index in [0.717, 1.165) is 5.75 Å². The van der Waals surface area contributed by atoms with Crippen molar-refractivity contribution in [2.75, 3.05) is 13.2 Å². The summed E-state index contributed by atoms with van der Waals surface area (Å²) in [4.78, 5) is 15.3. The zero-order valence-electron chi connectivity index (χ0n) is 13.4. The Hall–Kier alpha value is -1.81. The topological polar surface area (TPSA) is 29.5 Å². The monoisotopic (exact) mass is 317 g/mol. The lowest BCUT2D eigenvalue weighted by Gasteiger charge is -2.20. The average Bonchev–Trinajstić information content (AvgIpc) is 3.03. The van der Waals surface area contributed by atoms with Gasteiger partial charge in [-0.05, 0) is 42.0 Å². The minimum Gasteiger partial charge on any atom is -0.484 e. The maximum Gasteiger partial charge on any atom is 0.260 e. The van der Waals surface area contributed by atoms with Gasteiger partial charge >= 0.3 is 0 Å². The molecule has 0 atom stereocenters. The molecule has 4 heteroatoms. The lowest BCUT2D eigenvalue weighted by Crippen LogP contribution is -2.34. The zero-order chi connectivity index (χ0) is 15.9. The third-order valence-electron chi connectivity index (χ3n) is 3.57. The van der Waals surface area contributed by atoms with E-state index in [2.05, 4.69) is 13.8 Å². The standard InChI is InChI=1S/C18H23NO2S/c1-4-19(12-17-6-5-11-22-17)18(20)13-21-16-9-7-15(8-10-16)14(2)3/h5-11,14H,4,12-13H2,1-3H3. The normalized spacial score (nSPS) is 10.7. The highest BCUT2D eigenvalue weighted by molar-refractivity contribution is 7.09. The van der Waals surface area contributed by atoms with Crippen LogP contribution in [0.4, 0.5) is 0 Å². The van der Waals surface area contributed by atoms with Crippen LogP contribution in [0.3, 0.4) is 0 Å². The number of thiophene rings is 1. The molecule has 0 unspecified atom stereocenters. The number of carbonyl (C=O) groups excluding carboxylic acids is 1. The van der Waals surface area contributed by atoms with Crippen LogP contribution in [0.15, 0.2) is 41.8 Å². The molecule has 118 valence electrons. The van der Waals surface area contributed by atoms with Gasteiger partial charge in [-0.25, -0.2) is 0 Å². The van der Waals surface area contributed by atoms with Gasteiger partial charge in [0.15, 0.2) is 6.61 Å². The van der Waals surface area contributed by atoms with Gasteiger partial charge in [-0.15, -0.1) is 11.3 Å². The van der Waals surface area contributed by atoms with Gasteiger partial charge in [0, 0.05) is 11.4 Å². The van der Waals surface area contributed by atoms with Crippen molar-refractivity contribution in [3.63, 3.8) is 0 Å². The van der Waals surface area contributed by atoms with Crippen LogP contribution in [-0.2, 0) is 11.3 Å². The van der Waals surface area contributed by atoms with Crippen LogP contribution in [-0.4, -0.2) is 24.0 Å². The Bertz CT molecular complexity index is 576. The summed E-state index contributed by atoms with van der Waals surface area (Å²) in [5.41, 5.74) is 1.27. The minimum absolute atomic E-state index is 0.0174. The Morgan fingerprint density at radius 1 is 1.23 bits per heavy atom. The van der Waals surface area contributed by atoms with Crippen molar-refractivity contribution in [2.45, 2.75) is 33.2 Å². The highest BCUT2D eigenvalue weighted by atomic mass is 32.1. The summed E-state index contributed by atoms with van der Waals surface area (Å²) in [6.45, 7) is 7.73. The Labute approximate surface area is 136 Å². The number of ether oxygens (including phenoxy) is 1. The van der Waals surface area contributed by atoms with Gasteiger partial charge in [0.2, 0.25) is 0 Å². The summed E-state index contributed by atoms with van der Waals surface area (Å²) in [5.74, 6) is 1.26. The zero-order valence-corrected chi connectivity index (χ0v) is 14.2. The van der Waals surface area contributed by atoms with Crippen molar-refractivity contribution in [1.82, 2.24) is 4.90 Å². The first kappa shape index (κ1) is 16.6. The number of hydrogen-bond donors (Lipinski definition) is 0. The fourth-order valence-corrected chi connectivity index (χ4v) is 2.87. The van der Waals surface area contributed by atoms with Gasteiger partial charge in [0.05, 0.1) is 6.54 Å². The third kappa shape index (κ3) is 4.60. The quantitative estimate of drug-likeness (QED) is 0.762. The van der Waals surface area contributed by atoms with E-state index >= 15 is 0 Å². The number of hydrogen-bond acceptors (Lipinski definition) is 3. The average molecular weight is 317 g/mol. The van der Waals surface area contributed by atoms with Gasteiger partial charge in [0.1, 0.15) is 5.75 Å². The number of carbonyl (C=O) groups is 1. The van der Waals surface area contributed by atoms with Crippen LogP contribution >= 0.6 is 11.3 Å². The van der Waals surface area contributed by atoms with E-state index in [1.165, 1.54) is 10.4 Å². The van der Waals surface area contributed by atoms with Crippen LogP contribution in [0, 0.1) is 0 Å². The molecule has 1 amide bonds. The molecule has 2 aromatic rings. The lowest BCUT2D eigenvalue weighted by molar-refractivity contribution is -0.133. The van der Waals surface area contributed by atoms with Gasteiger partial charge < -0.3 is 9.64 Å². The fourth-order valence-electron chi connectivity index (χ4n) is 2.15. The molecule has 1 aromatic carbocycles. The van der Waals surface area contributed by atoms with Crippen LogP contribution in [0.2, 0.25) is 0 Å². The number of benzene rings is 1. The predicted molar refractivity (Wildman–Crippen MR) is 91.4 cm³/mol. The SMILES string of the molecule is CCN(Cc1cccs1)C(=O)COc1ccc(C(C)C)cc1. The van der Waals surface area contributed by atoms with Gasteiger partial charge in [-0.2, -0.15) is 0 Å². The summed E-state index contributed by atoms with van der Waals surface area (Å²) >= 11 is 1.67. The second-order valence-corrected chi connectivity index (χ2v) is 6.53. The Morgan fingerprint density at radius 2 is 1.95 bits per heavy atom. The molecule has 0 fully saturated rings. The van der Waals surface area contributed by atoms with Crippen molar-refractivity contribution in [1.29, 1.82) is 0 Å². The highest BCUT2D eigenvalue weighted by Crippen LogP contribution is 2.19. The van der Waals surface area contributed by atoms with Crippen molar-refractivity contribution in [3.8, 4) is 5.75 Å². The molecule has 0 aliphatic rings. The Balaban J connectivity index is 1.87. The molecule has 0 saturated carbocycles. The minimum atomic E-state index is 0.0174. The molecule has 0 spiro atoms. The van der Waals surface area contributed by atoms with Crippen molar-refractivity contribution in [2.24, 2.45) is 0 Å². The molecule has 0 saturated heterocycles. The third-order valence-corrected chi connectivity index (χ3v) is 4.43. The van der Waals surface area contributed by atoms with E-state index in [-0.39, 0.29) is 12.5 Å². The highest BCUT2D eigenvalue weighted by Gasteiger charge is 2.13. The first-order chi connectivity index (χ1) is 10.6. The Morgan fingerprint density at radius 3 is 2.50 bits per heavy atom. The van der Waals surface area contributed by atoms with Gasteiger partial charge in [0.25, 0.3) is 5.91 Å². The van der Waals surface area contributed by atoms with Crippen LogP contribution < -0.4 is 4.74 Å². The Kier molecular flexibility index (Phi) is 6.01. The molecular weight excluding hydrogens is 294 g/mol. The van der Waals surface area contributed by atoms with Gasteiger partial charge in [-0.3, -0.25) is 4.79 Å². The van der Waals surface area contributed by atoms with Gasteiger partial charge in [-0.1, -0.05) is 32.0 Å². The molecule has 2 rings (SSSR count). The van der Waals surface area contributed by atoms with Crippen LogP contribution in [0.1, 0.15) is 37.1 Å². The second kappa shape index (κ2) is 7.99. The molecule has 22 heavy (non-hydrogen) atoms. The molecule has 3 nitrogen and oxygen atoms in total. The van der Waals surface area contributed by atoms with Crippen molar-refractivity contribution < 1.29 is 9.53 Å². The molecule has 0 N–H and O–H groups in total. The van der Waals surface area contributed by atoms with E-state index in [1.54, 1.807) is 11.3 Å². The smallest absolute Gasteiger partial charge is 0.260 e. The molecule has 1 aromatic heterocycles. The molecular formula is C18H23NO2S. The second-order valence-electron chi connectivity index (χ2n) is 5.50. The first-order valence-corrected chi connectivity index (χ1v) is 8.51. The maximum atomic E-state index is 12.3. The lowest BCUT2D eigenvalue weighted by atomic mass is 10.0. The predicted octanol–water partition coefficient (Wildman–Crippen LogP) is 4.30. The largest absolute Gasteiger partial charge is 0.484 e. The summed E-state index contributed by atoms with van der Waals surface area (Å²) < 4.78 is 5.62. The number of likely N-dealkylation sites (N-methyl/N-ethyl adjacent to an activating group) is 1. The van der Waals surface area contributed by atoms with E-state index in [9.17, 15) is 4.79 Å². The van der Waals surface area contributed by atoms with E-state index < -0.39 is 0 Å². The maximum absolute atomic E-state index is 12.3. The van der Waals surface area contributed by atoms with Crippen molar-refractivity contribution in [3.05, 3.63) is 52.2 Å². The van der Waals surface area contributed by atoms with E-state index in [4.69, 9.17) is 4.74 Å². The number of amides is 1. The number of rotatable bonds is 7. The molecule has 1 heterocycles. The van der Waals surface area contributed by atoms with Crippen molar-refractivity contribution >= 4 is 17.2 Å². The molecule has 0 aliphatic heterocycles. The molecule has 0 radical (unpaired) electrons. The summed E-state index contributed by atoms with van der Waals surface area (Å²) in [5, 5.41) is 2.03. The van der Waals surface area contributed by atoms with Crippen LogP contribution in [0.25, 0.3) is 0 Å². The fraction of sp³-hybridized carbons (Fsp3) is 0.389.